The normalized spacial score (nSPS) is 16.0. The Morgan fingerprint density at radius 2 is 1.34 bits per heavy atom. The van der Waals surface area contributed by atoms with Crippen LogP contribution in [0.3, 0.4) is 0 Å². The molecule has 0 radical (unpaired) electrons. The third kappa shape index (κ3) is 5.28. The molecule has 0 amide bonds. The van der Waals surface area contributed by atoms with E-state index in [0.717, 1.165) is 30.0 Å². The van der Waals surface area contributed by atoms with Crippen LogP contribution in [-0.4, -0.2) is 59.4 Å². The summed E-state index contributed by atoms with van der Waals surface area (Å²) < 4.78 is 33.8. The molecule has 2 aromatic rings. The maximum atomic E-state index is 5.87. The predicted molar refractivity (Wildman–Crippen MR) is 123 cm³/mol. The van der Waals surface area contributed by atoms with Crippen molar-refractivity contribution in [2.45, 2.75) is 39.1 Å². The van der Waals surface area contributed by atoms with Gasteiger partial charge in [-0.3, -0.25) is 4.90 Å². The number of benzene rings is 2. The van der Waals surface area contributed by atoms with Crippen LogP contribution in [0.1, 0.15) is 36.6 Å². The van der Waals surface area contributed by atoms with E-state index >= 15 is 0 Å². The van der Waals surface area contributed by atoms with Crippen molar-refractivity contribution in [3.63, 3.8) is 0 Å². The second kappa shape index (κ2) is 11.4. The monoisotopic (exact) mass is 445 g/mol. The van der Waals surface area contributed by atoms with Crippen LogP contribution in [0.4, 0.5) is 0 Å². The van der Waals surface area contributed by atoms with Gasteiger partial charge >= 0.3 is 0 Å². The van der Waals surface area contributed by atoms with Crippen LogP contribution >= 0.6 is 0 Å². The van der Waals surface area contributed by atoms with Crippen molar-refractivity contribution in [3.8, 4) is 23.0 Å². The van der Waals surface area contributed by atoms with Crippen molar-refractivity contribution < 1.29 is 28.4 Å². The lowest BCUT2D eigenvalue weighted by Crippen LogP contribution is -2.41. The minimum Gasteiger partial charge on any atom is -0.493 e. The maximum absolute atomic E-state index is 5.87. The number of methoxy groups -OCH3 is 4. The van der Waals surface area contributed by atoms with Crippen LogP contribution in [0, 0.1) is 0 Å². The van der Waals surface area contributed by atoms with E-state index in [-0.39, 0.29) is 12.3 Å². The first-order chi connectivity index (χ1) is 15.6. The van der Waals surface area contributed by atoms with Gasteiger partial charge in [-0.1, -0.05) is 6.07 Å². The van der Waals surface area contributed by atoms with Crippen LogP contribution in [0.2, 0.25) is 0 Å². The average Bonchev–Trinajstić information content (AvgIpc) is 2.82. The minimum absolute atomic E-state index is 0.115. The van der Waals surface area contributed by atoms with E-state index in [9.17, 15) is 0 Å². The molecule has 1 heterocycles. The molecule has 0 fully saturated rings. The number of rotatable bonds is 11. The number of hydrogen-bond donors (Lipinski definition) is 0. The van der Waals surface area contributed by atoms with E-state index in [1.807, 2.05) is 19.9 Å². The molecule has 0 spiro atoms. The summed E-state index contributed by atoms with van der Waals surface area (Å²) in [5.74, 6) is 2.91. The van der Waals surface area contributed by atoms with Crippen molar-refractivity contribution in [1.82, 2.24) is 4.90 Å². The molecule has 7 nitrogen and oxygen atoms in total. The van der Waals surface area contributed by atoms with E-state index < -0.39 is 0 Å². The molecule has 1 aliphatic heterocycles. The SMILES string of the molecule is CCOC(CN1Cc2cc(OC)c(OC)cc2C[C@H]1c1ccc(OC)c(OC)c1)OCC. The van der Waals surface area contributed by atoms with Gasteiger partial charge in [0.1, 0.15) is 0 Å². The van der Waals surface area contributed by atoms with Gasteiger partial charge in [-0.15, -0.1) is 0 Å². The molecule has 0 N–H and O–H groups in total. The smallest absolute Gasteiger partial charge is 0.170 e. The molecular formula is C25H35NO6. The molecule has 7 heteroatoms. The topological polar surface area (TPSA) is 58.6 Å². The molecular weight excluding hydrogens is 410 g/mol. The van der Waals surface area contributed by atoms with E-state index in [1.54, 1.807) is 28.4 Å². The first kappa shape index (κ1) is 24.2. The summed E-state index contributed by atoms with van der Waals surface area (Å²) in [6, 6.07) is 10.4. The zero-order chi connectivity index (χ0) is 23.1. The zero-order valence-electron chi connectivity index (χ0n) is 20.0. The van der Waals surface area contributed by atoms with Gasteiger partial charge in [-0.05, 0) is 61.2 Å². The van der Waals surface area contributed by atoms with E-state index in [0.29, 0.717) is 31.3 Å². The van der Waals surface area contributed by atoms with Crippen molar-refractivity contribution in [2.75, 3.05) is 48.2 Å². The molecule has 0 saturated carbocycles. The van der Waals surface area contributed by atoms with Gasteiger partial charge in [0, 0.05) is 25.8 Å². The van der Waals surface area contributed by atoms with Gasteiger partial charge in [0.25, 0.3) is 0 Å². The summed E-state index contributed by atoms with van der Waals surface area (Å²) >= 11 is 0. The van der Waals surface area contributed by atoms with Crippen LogP contribution in [0.15, 0.2) is 30.3 Å². The molecule has 32 heavy (non-hydrogen) atoms. The summed E-state index contributed by atoms with van der Waals surface area (Å²) in [5, 5.41) is 0. The highest BCUT2D eigenvalue weighted by Crippen LogP contribution is 2.41. The Morgan fingerprint density at radius 1 is 0.781 bits per heavy atom. The van der Waals surface area contributed by atoms with Crippen LogP contribution in [0.5, 0.6) is 23.0 Å². The van der Waals surface area contributed by atoms with Crippen LogP contribution < -0.4 is 18.9 Å². The summed E-state index contributed by atoms with van der Waals surface area (Å²) in [7, 11) is 6.64. The summed E-state index contributed by atoms with van der Waals surface area (Å²) in [6.45, 7) is 6.56. The Morgan fingerprint density at radius 3 is 1.91 bits per heavy atom. The molecule has 0 aromatic heterocycles. The third-order valence-corrected chi connectivity index (χ3v) is 5.81. The van der Waals surface area contributed by atoms with Crippen molar-refractivity contribution in [3.05, 3.63) is 47.0 Å². The molecule has 0 saturated heterocycles. The van der Waals surface area contributed by atoms with Gasteiger partial charge in [0.2, 0.25) is 0 Å². The van der Waals surface area contributed by atoms with Crippen molar-refractivity contribution in [2.24, 2.45) is 0 Å². The van der Waals surface area contributed by atoms with Gasteiger partial charge in [-0.25, -0.2) is 0 Å². The van der Waals surface area contributed by atoms with Gasteiger partial charge < -0.3 is 28.4 Å². The lowest BCUT2D eigenvalue weighted by molar-refractivity contribution is -0.152. The fourth-order valence-electron chi connectivity index (χ4n) is 4.26. The van der Waals surface area contributed by atoms with Gasteiger partial charge in [0.05, 0.1) is 35.0 Å². The molecule has 0 bridgehead atoms. The Hall–Kier alpha value is -2.48. The summed E-state index contributed by atoms with van der Waals surface area (Å²) in [5.41, 5.74) is 3.60. The lowest BCUT2D eigenvalue weighted by atomic mass is 9.89. The fraction of sp³-hybridized carbons (Fsp3) is 0.520. The van der Waals surface area contributed by atoms with Crippen molar-refractivity contribution in [1.29, 1.82) is 0 Å². The fourth-order valence-corrected chi connectivity index (χ4v) is 4.26. The zero-order valence-corrected chi connectivity index (χ0v) is 20.0. The molecule has 0 aliphatic carbocycles. The molecule has 2 aromatic carbocycles. The molecule has 1 aliphatic rings. The summed E-state index contributed by atoms with van der Waals surface area (Å²) in [4.78, 5) is 2.39. The largest absolute Gasteiger partial charge is 0.493 e. The highest BCUT2D eigenvalue weighted by atomic mass is 16.7. The van der Waals surface area contributed by atoms with E-state index in [2.05, 4.69) is 29.2 Å². The highest BCUT2D eigenvalue weighted by molar-refractivity contribution is 5.50. The first-order valence-corrected chi connectivity index (χ1v) is 11.0. The van der Waals surface area contributed by atoms with Crippen LogP contribution in [0.25, 0.3) is 0 Å². The predicted octanol–water partition coefficient (Wildman–Crippen LogP) is 4.22. The second-order valence-electron chi connectivity index (χ2n) is 7.58. The molecule has 3 rings (SSSR count). The quantitative estimate of drug-likeness (QED) is 0.480. The third-order valence-electron chi connectivity index (χ3n) is 5.81. The van der Waals surface area contributed by atoms with Gasteiger partial charge in [0.15, 0.2) is 29.3 Å². The number of nitrogens with zero attached hydrogens (tertiary/aromatic N) is 1. The highest BCUT2D eigenvalue weighted by Gasteiger charge is 2.31. The Balaban J connectivity index is 2.01. The van der Waals surface area contributed by atoms with E-state index in [4.69, 9.17) is 28.4 Å². The lowest BCUT2D eigenvalue weighted by Gasteiger charge is -2.39. The molecule has 0 unspecified atom stereocenters. The first-order valence-electron chi connectivity index (χ1n) is 11.0. The standard InChI is InChI=1S/C25H35NO6/c1-7-31-25(32-8-2)16-26-15-19-14-24(30-6)23(29-5)13-18(19)11-20(26)17-9-10-21(27-3)22(12-17)28-4/h9-10,12-14,20,25H,7-8,11,15-16H2,1-6H3/t20-/m0/s1. The maximum Gasteiger partial charge on any atom is 0.170 e. The average molecular weight is 446 g/mol. The summed E-state index contributed by atoms with van der Waals surface area (Å²) in [6.07, 6.45) is 0.519. The van der Waals surface area contributed by atoms with Crippen molar-refractivity contribution >= 4 is 0 Å². The number of hydrogen-bond acceptors (Lipinski definition) is 7. The van der Waals surface area contributed by atoms with Crippen LogP contribution in [-0.2, 0) is 22.4 Å². The molecule has 1 atom stereocenters. The van der Waals surface area contributed by atoms with Gasteiger partial charge in [-0.2, -0.15) is 0 Å². The second-order valence-corrected chi connectivity index (χ2v) is 7.58. The Bertz CT molecular complexity index is 881. The number of ether oxygens (including phenoxy) is 6. The Labute approximate surface area is 191 Å². The molecule has 176 valence electrons. The minimum atomic E-state index is -0.297. The Kier molecular flexibility index (Phi) is 8.61. The van der Waals surface area contributed by atoms with E-state index in [1.165, 1.54) is 11.1 Å². The number of fused-ring (bicyclic) bond motifs is 1.